The molecule has 1 aromatic carbocycles. The molecule has 1 aliphatic heterocycles. The van der Waals surface area contributed by atoms with Gasteiger partial charge in [0.1, 0.15) is 28.4 Å². The highest BCUT2D eigenvalue weighted by atomic mass is 35.5. The van der Waals surface area contributed by atoms with Crippen molar-refractivity contribution in [2.24, 2.45) is 0 Å². The van der Waals surface area contributed by atoms with E-state index in [9.17, 15) is 9.65 Å². The zero-order chi connectivity index (χ0) is 22.4. The maximum Gasteiger partial charge on any atom is 0.162 e. The summed E-state index contributed by atoms with van der Waals surface area (Å²) in [4.78, 5) is 8.87. The van der Waals surface area contributed by atoms with Gasteiger partial charge in [-0.25, -0.2) is 19.0 Å². The van der Waals surface area contributed by atoms with Crippen molar-refractivity contribution in [3.8, 4) is 28.8 Å². The molecule has 1 aliphatic rings. The summed E-state index contributed by atoms with van der Waals surface area (Å²) in [5, 5.41) is 22.2. The molecule has 0 radical (unpaired) electrons. The second-order valence-electron chi connectivity index (χ2n) is 7.60. The van der Waals surface area contributed by atoms with E-state index < -0.39 is 6.17 Å². The number of nitriles is 1. The molecule has 160 valence electrons. The number of rotatable bonds is 4. The maximum absolute atomic E-state index is 13.5. The number of fused-ring (bicyclic) bond motifs is 1. The van der Waals surface area contributed by atoms with Crippen molar-refractivity contribution < 1.29 is 4.39 Å². The van der Waals surface area contributed by atoms with E-state index in [1.165, 1.54) is 0 Å². The first kappa shape index (κ1) is 20.1. The molecule has 4 heterocycles. The predicted octanol–water partition coefficient (Wildman–Crippen LogP) is 2.96. The van der Waals surface area contributed by atoms with E-state index in [2.05, 4.69) is 31.4 Å². The normalized spacial score (nSPS) is 15.0. The molecule has 32 heavy (non-hydrogen) atoms. The fourth-order valence-electron chi connectivity index (χ4n) is 3.80. The summed E-state index contributed by atoms with van der Waals surface area (Å²) in [5.74, 6) is 0.451. The Morgan fingerprint density at radius 2 is 2.19 bits per heavy atom. The van der Waals surface area contributed by atoms with Crippen molar-refractivity contribution in [3.63, 3.8) is 0 Å². The van der Waals surface area contributed by atoms with Crippen LogP contribution in [0.15, 0.2) is 30.5 Å². The largest absolute Gasteiger partial charge is 0.382 e. The van der Waals surface area contributed by atoms with Gasteiger partial charge in [-0.05, 0) is 24.6 Å². The van der Waals surface area contributed by atoms with Crippen molar-refractivity contribution in [1.82, 2.24) is 34.7 Å². The molecule has 0 saturated heterocycles. The third kappa shape index (κ3) is 3.46. The topological polar surface area (TPSA) is 124 Å². The van der Waals surface area contributed by atoms with Gasteiger partial charge >= 0.3 is 0 Å². The summed E-state index contributed by atoms with van der Waals surface area (Å²) in [7, 11) is 0. The first-order chi connectivity index (χ1) is 15.4. The lowest BCUT2D eigenvalue weighted by atomic mass is 10.0. The summed E-state index contributed by atoms with van der Waals surface area (Å²) in [6, 6.07) is 9.34. The standard InChI is InChI=1S/C21H17ClFN9/c1-11-12(7-24)3-2-4-16(11)21-26-19(18(22)20(25)27-21)17-10-31(30-28-17)9-14-6-15-5-13(23)8-32(15)29-14/h2-4,6,10,13H,5,8-9H2,1H3,(H2,25,26,27). The van der Waals surface area contributed by atoms with Crippen LogP contribution in [0.25, 0.3) is 22.8 Å². The third-order valence-electron chi connectivity index (χ3n) is 5.39. The van der Waals surface area contributed by atoms with E-state index in [1.807, 2.05) is 19.1 Å². The molecule has 0 bridgehead atoms. The van der Waals surface area contributed by atoms with Crippen molar-refractivity contribution in [2.75, 3.05) is 5.73 Å². The Balaban J connectivity index is 1.48. The molecule has 3 aromatic heterocycles. The lowest BCUT2D eigenvalue weighted by Gasteiger charge is -2.09. The highest BCUT2D eigenvalue weighted by Crippen LogP contribution is 2.32. The van der Waals surface area contributed by atoms with Gasteiger partial charge in [0.25, 0.3) is 0 Å². The first-order valence-electron chi connectivity index (χ1n) is 9.86. The highest BCUT2D eigenvalue weighted by Gasteiger charge is 2.23. The van der Waals surface area contributed by atoms with Crippen molar-refractivity contribution in [2.45, 2.75) is 32.6 Å². The molecule has 5 rings (SSSR count). The van der Waals surface area contributed by atoms with E-state index in [4.69, 9.17) is 17.3 Å². The van der Waals surface area contributed by atoms with Crippen molar-refractivity contribution in [1.29, 1.82) is 5.26 Å². The van der Waals surface area contributed by atoms with Crippen molar-refractivity contribution in [3.05, 3.63) is 58.0 Å². The zero-order valence-electron chi connectivity index (χ0n) is 17.0. The van der Waals surface area contributed by atoms with Gasteiger partial charge in [0.05, 0.1) is 36.6 Å². The van der Waals surface area contributed by atoms with Crippen LogP contribution in [0, 0.1) is 18.3 Å². The van der Waals surface area contributed by atoms with Crippen LogP contribution in [-0.4, -0.2) is 40.9 Å². The molecule has 0 saturated carbocycles. The van der Waals surface area contributed by atoms with Crippen LogP contribution in [0.5, 0.6) is 0 Å². The molecule has 0 fully saturated rings. The summed E-state index contributed by atoms with van der Waals surface area (Å²) >= 11 is 6.39. The summed E-state index contributed by atoms with van der Waals surface area (Å²) in [6.07, 6.45) is 1.19. The number of aromatic nitrogens is 7. The van der Waals surface area contributed by atoms with Crippen LogP contribution in [0.4, 0.5) is 10.2 Å². The van der Waals surface area contributed by atoms with E-state index in [1.54, 1.807) is 27.7 Å². The van der Waals surface area contributed by atoms with Gasteiger partial charge in [0.2, 0.25) is 0 Å². The number of nitrogens with zero attached hydrogens (tertiary/aromatic N) is 8. The minimum Gasteiger partial charge on any atom is -0.382 e. The Labute approximate surface area is 187 Å². The molecular formula is C21H17ClFN9. The van der Waals surface area contributed by atoms with Crippen LogP contribution in [-0.2, 0) is 19.5 Å². The monoisotopic (exact) mass is 449 g/mol. The summed E-state index contributed by atoms with van der Waals surface area (Å²) in [6.45, 7) is 2.48. The van der Waals surface area contributed by atoms with Crippen LogP contribution < -0.4 is 5.73 Å². The molecule has 1 unspecified atom stereocenters. The Morgan fingerprint density at radius 1 is 1.34 bits per heavy atom. The van der Waals surface area contributed by atoms with E-state index in [-0.39, 0.29) is 17.4 Å². The fourth-order valence-corrected chi connectivity index (χ4v) is 3.98. The lowest BCUT2D eigenvalue weighted by Crippen LogP contribution is -2.06. The van der Waals surface area contributed by atoms with Gasteiger partial charge in [-0.1, -0.05) is 28.9 Å². The molecule has 0 aliphatic carbocycles. The first-order valence-corrected chi connectivity index (χ1v) is 10.2. The van der Waals surface area contributed by atoms with Gasteiger partial charge in [0.15, 0.2) is 5.82 Å². The Bertz CT molecular complexity index is 1360. The lowest BCUT2D eigenvalue weighted by molar-refractivity contribution is 0.321. The molecule has 4 aromatic rings. The van der Waals surface area contributed by atoms with Gasteiger partial charge in [0, 0.05) is 17.7 Å². The number of nitrogen functional groups attached to an aromatic ring is 1. The number of anilines is 1. The van der Waals surface area contributed by atoms with E-state index >= 15 is 0 Å². The molecule has 9 nitrogen and oxygen atoms in total. The SMILES string of the molecule is Cc1c(C#N)cccc1-c1nc(N)c(Cl)c(-c2cn(Cc3cc4n(n3)CC(F)C4)nn2)n1. The smallest absolute Gasteiger partial charge is 0.162 e. The van der Waals surface area contributed by atoms with Gasteiger partial charge in [-0.15, -0.1) is 5.10 Å². The Kier molecular flexibility index (Phi) is 4.83. The Hall–Kier alpha value is -3.84. The summed E-state index contributed by atoms with van der Waals surface area (Å²) < 4.78 is 16.7. The van der Waals surface area contributed by atoms with Crippen LogP contribution in [0.3, 0.4) is 0 Å². The van der Waals surface area contributed by atoms with Crippen LogP contribution in [0.1, 0.15) is 22.5 Å². The minimum absolute atomic E-state index is 0.106. The quantitative estimate of drug-likeness (QED) is 0.507. The minimum atomic E-state index is -0.874. The van der Waals surface area contributed by atoms with Gasteiger partial charge < -0.3 is 5.73 Å². The van der Waals surface area contributed by atoms with Crippen molar-refractivity contribution >= 4 is 17.4 Å². The molecule has 0 amide bonds. The van der Waals surface area contributed by atoms with E-state index in [0.717, 1.165) is 17.0 Å². The molecule has 11 heteroatoms. The fraction of sp³-hybridized carbons (Fsp3) is 0.238. The number of hydrogen-bond donors (Lipinski definition) is 1. The van der Waals surface area contributed by atoms with E-state index in [0.29, 0.717) is 41.3 Å². The van der Waals surface area contributed by atoms with Crippen LogP contribution >= 0.6 is 11.6 Å². The van der Waals surface area contributed by atoms with Gasteiger partial charge in [-0.3, -0.25) is 4.68 Å². The Morgan fingerprint density at radius 3 is 2.97 bits per heavy atom. The maximum atomic E-state index is 13.5. The number of nitrogens with two attached hydrogens (primary N) is 1. The third-order valence-corrected chi connectivity index (χ3v) is 5.77. The number of hydrogen-bond acceptors (Lipinski definition) is 7. The number of halogens is 2. The highest BCUT2D eigenvalue weighted by molar-refractivity contribution is 6.35. The number of benzene rings is 1. The average Bonchev–Trinajstić information content (AvgIpc) is 3.45. The summed E-state index contributed by atoms with van der Waals surface area (Å²) in [5.41, 5.74) is 10.4. The average molecular weight is 450 g/mol. The molecule has 0 spiro atoms. The second-order valence-corrected chi connectivity index (χ2v) is 7.97. The molecule has 2 N–H and O–H groups in total. The van der Waals surface area contributed by atoms with Crippen LogP contribution in [0.2, 0.25) is 5.02 Å². The van der Waals surface area contributed by atoms with Gasteiger partial charge in [-0.2, -0.15) is 10.4 Å². The second kappa shape index (κ2) is 7.69. The zero-order valence-corrected chi connectivity index (χ0v) is 17.8. The molecule has 1 atom stereocenters. The number of alkyl halides is 1. The predicted molar refractivity (Wildman–Crippen MR) is 115 cm³/mol. The molecular weight excluding hydrogens is 433 g/mol.